The molecule has 1 amide bonds. The molecule has 3 rings (SSSR count). The molecule has 1 aromatic heterocycles. The predicted octanol–water partition coefficient (Wildman–Crippen LogP) is 2.34. The van der Waals surface area contributed by atoms with Crippen LogP contribution in [0.4, 0.5) is 13.2 Å². The summed E-state index contributed by atoms with van der Waals surface area (Å²) in [6.07, 6.45) is -5.11. The van der Waals surface area contributed by atoms with E-state index in [0.29, 0.717) is 19.0 Å². The van der Waals surface area contributed by atoms with E-state index in [1.54, 1.807) is 4.98 Å². The lowest BCUT2D eigenvalue weighted by Gasteiger charge is -2.27. The summed E-state index contributed by atoms with van der Waals surface area (Å²) in [6, 6.07) is 6.59. The van der Waals surface area contributed by atoms with E-state index in [1.165, 1.54) is 24.3 Å². The average Bonchev–Trinajstić information content (AvgIpc) is 2.66. The quantitative estimate of drug-likeness (QED) is 0.785. The van der Waals surface area contributed by atoms with Crippen molar-refractivity contribution in [1.29, 1.82) is 0 Å². The monoisotopic (exact) mass is 412 g/mol. The highest BCUT2D eigenvalue weighted by molar-refractivity contribution is 5.93. The number of nitrogens with two attached hydrogens (primary N) is 1. The van der Waals surface area contributed by atoms with Crippen molar-refractivity contribution in [2.45, 2.75) is 25.3 Å². The van der Waals surface area contributed by atoms with Crippen molar-refractivity contribution in [3.63, 3.8) is 0 Å². The fraction of sp³-hybridized carbons (Fsp3) is 0.368. The number of rotatable bonds is 5. The van der Waals surface area contributed by atoms with Gasteiger partial charge in [0.25, 0.3) is 11.5 Å². The number of primary amides is 1. The van der Waals surface area contributed by atoms with E-state index >= 15 is 0 Å². The molecule has 0 spiro atoms. The van der Waals surface area contributed by atoms with Crippen LogP contribution < -0.4 is 16.0 Å². The Labute approximate surface area is 163 Å². The second-order valence-electron chi connectivity index (χ2n) is 6.60. The minimum Gasteiger partial charge on any atom is -0.491 e. The van der Waals surface area contributed by atoms with Crippen molar-refractivity contribution in [2.24, 2.45) is 5.73 Å². The molecule has 1 aliphatic rings. The molecule has 1 saturated heterocycles. The number of benzene rings is 1. The van der Waals surface area contributed by atoms with Gasteiger partial charge in [0, 0.05) is 5.56 Å². The maximum absolute atomic E-state index is 13.3. The second kappa shape index (κ2) is 8.26. The summed E-state index contributed by atoms with van der Waals surface area (Å²) in [6.45, 7) is 3.01. The number of pyridine rings is 1. The molecule has 1 aromatic carbocycles. The van der Waals surface area contributed by atoms with Crippen LogP contribution in [0, 0.1) is 0 Å². The number of carbonyl (C=O) groups excluding carboxylic acids is 1. The molecule has 2 heterocycles. The topological polar surface area (TPSA) is 104 Å². The number of nitrogens with one attached hydrogen (secondary N) is 1. The number of carbonyl (C=O) groups is 1. The smallest absolute Gasteiger partial charge is 0.431 e. The van der Waals surface area contributed by atoms with Crippen LogP contribution in [0.25, 0.3) is 11.1 Å². The molecule has 10 heteroatoms. The first-order chi connectivity index (χ1) is 13.6. The average molecular weight is 412 g/mol. The lowest BCUT2D eigenvalue weighted by Crippen LogP contribution is -2.38. The first-order valence-corrected chi connectivity index (χ1v) is 8.76. The first kappa shape index (κ1) is 20.9. The third-order valence-corrected chi connectivity index (χ3v) is 4.27. The summed E-state index contributed by atoms with van der Waals surface area (Å²) >= 11 is 0. The van der Waals surface area contributed by atoms with Gasteiger partial charge in [-0.1, -0.05) is 12.1 Å². The molecule has 0 radical (unpaired) electrons. The molecule has 29 heavy (non-hydrogen) atoms. The summed E-state index contributed by atoms with van der Waals surface area (Å²) in [7, 11) is 0. The van der Waals surface area contributed by atoms with Gasteiger partial charge in [0.05, 0.1) is 19.3 Å². The molecule has 2 unspecified atom stereocenters. The third-order valence-electron chi connectivity index (χ3n) is 4.27. The third kappa shape index (κ3) is 4.96. The van der Waals surface area contributed by atoms with Crippen molar-refractivity contribution in [3.8, 4) is 16.9 Å². The summed E-state index contributed by atoms with van der Waals surface area (Å²) in [5.74, 6) is -0.700. The van der Waals surface area contributed by atoms with Crippen LogP contribution in [-0.2, 0) is 15.7 Å². The molecular weight excluding hydrogens is 393 g/mol. The number of ether oxygens (including phenoxy) is 3. The van der Waals surface area contributed by atoms with Crippen LogP contribution in [0.3, 0.4) is 0 Å². The van der Waals surface area contributed by atoms with Gasteiger partial charge < -0.3 is 24.9 Å². The molecular formula is C19H19F3N2O5. The van der Waals surface area contributed by atoms with Crippen LogP contribution >= 0.6 is 0 Å². The van der Waals surface area contributed by atoms with Crippen LogP contribution in [0.5, 0.6) is 5.75 Å². The Hall–Kier alpha value is -2.85. The van der Waals surface area contributed by atoms with Crippen molar-refractivity contribution < 1.29 is 32.2 Å². The van der Waals surface area contributed by atoms with Crippen LogP contribution in [0.2, 0.25) is 0 Å². The first-order valence-electron chi connectivity index (χ1n) is 8.76. The number of aromatic amines is 1. The Balaban J connectivity index is 1.84. The molecule has 2 aromatic rings. The Morgan fingerprint density at radius 2 is 1.97 bits per heavy atom. The number of hydrogen-bond donors (Lipinski definition) is 2. The highest BCUT2D eigenvalue weighted by Crippen LogP contribution is 2.35. The number of halogens is 3. The summed E-state index contributed by atoms with van der Waals surface area (Å²) in [4.78, 5) is 24.8. The van der Waals surface area contributed by atoms with E-state index < -0.39 is 28.9 Å². The van der Waals surface area contributed by atoms with Crippen molar-refractivity contribution >= 4 is 5.91 Å². The zero-order valence-corrected chi connectivity index (χ0v) is 15.4. The molecule has 1 fully saturated rings. The molecule has 7 nitrogen and oxygen atoms in total. The molecule has 0 saturated carbocycles. The molecule has 0 aliphatic carbocycles. The lowest BCUT2D eigenvalue weighted by atomic mass is 10.0. The number of H-pyrrole nitrogens is 1. The van der Waals surface area contributed by atoms with Crippen molar-refractivity contribution in [1.82, 2.24) is 4.98 Å². The van der Waals surface area contributed by atoms with Crippen molar-refractivity contribution in [3.05, 3.63) is 51.9 Å². The molecule has 1 aliphatic heterocycles. The standard InChI is InChI=1S/C19H19F3N2O5/c1-10-7-27-8-13(29-10)9-28-12-4-2-11(3-5-12)14-6-15(17(23)25)18(26)24-16(14)19(20,21)22/h2-6,10,13H,7-9H2,1H3,(H2,23,25)(H,24,26). The van der Waals surface area contributed by atoms with E-state index in [0.717, 1.165) is 6.07 Å². The van der Waals surface area contributed by atoms with Gasteiger partial charge in [-0.15, -0.1) is 0 Å². The lowest BCUT2D eigenvalue weighted by molar-refractivity contribution is -0.140. The fourth-order valence-electron chi connectivity index (χ4n) is 2.94. The molecule has 156 valence electrons. The normalized spacial score (nSPS) is 19.7. The molecule has 3 N–H and O–H groups in total. The van der Waals surface area contributed by atoms with Gasteiger partial charge in [-0.3, -0.25) is 9.59 Å². The van der Waals surface area contributed by atoms with Crippen LogP contribution in [-0.4, -0.2) is 42.9 Å². The highest BCUT2D eigenvalue weighted by atomic mass is 19.4. The van der Waals surface area contributed by atoms with Crippen LogP contribution in [0.15, 0.2) is 35.1 Å². The Morgan fingerprint density at radius 3 is 2.55 bits per heavy atom. The minimum atomic E-state index is -4.82. The van der Waals surface area contributed by atoms with Gasteiger partial charge in [0.1, 0.15) is 29.7 Å². The van der Waals surface area contributed by atoms with Gasteiger partial charge in [-0.25, -0.2) is 0 Å². The Morgan fingerprint density at radius 1 is 1.28 bits per heavy atom. The number of hydrogen-bond acceptors (Lipinski definition) is 5. The zero-order chi connectivity index (χ0) is 21.2. The summed E-state index contributed by atoms with van der Waals surface area (Å²) < 4.78 is 56.7. The molecule has 0 bridgehead atoms. The maximum atomic E-state index is 13.3. The number of alkyl halides is 3. The number of aromatic nitrogens is 1. The van der Waals surface area contributed by atoms with E-state index in [-0.39, 0.29) is 29.9 Å². The van der Waals surface area contributed by atoms with E-state index in [9.17, 15) is 22.8 Å². The largest absolute Gasteiger partial charge is 0.491 e. The molecule has 2 atom stereocenters. The number of amides is 1. The SMILES string of the molecule is CC1COCC(COc2ccc(-c3cc(C(N)=O)c(=O)[nH]c3C(F)(F)F)cc2)O1. The predicted molar refractivity (Wildman–Crippen MR) is 96.7 cm³/mol. The van der Waals surface area contributed by atoms with Gasteiger partial charge in [0.2, 0.25) is 0 Å². The Kier molecular flexibility index (Phi) is 5.94. The van der Waals surface area contributed by atoms with Gasteiger partial charge in [-0.05, 0) is 30.7 Å². The Bertz CT molecular complexity index is 940. The van der Waals surface area contributed by atoms with Gasteiger partial charge in [-0.2, -0.15) is 13.2 Å². The maximum Gasteiger partial charge on any atom is 0.431 e. The summed E-state index contributed by atoms with van der Waals surface area (Å²) in [5.41, 5.74) is 1.83. The second-order valence-corrected chi connectivity index (χ2v) is 6.60. The van der Waals surface area contributed by atoms with Gasteiger partial charge >= 0.3 is 6.18 Å². The van der Waals surface area contributed by atoms with Gasteiger partial charge in [0.15, 0.2) is 0 Å². The highest BCUT2D eigenvalue weighted by Gasteiger charge is 2.36. The fourth-order valence-corrected chi connectivity index (χ4v) is 2.94. The van der Waals surface area contributed by atoms with Crippen LogP contribution in [0.1, 0.15) is 23.0 Å². The summed E-state index contributed by atoms with van der Waals surface area (Å²) in [5, 5.41) is 0. The van der Waals surface area contributed by atoms with E-state index in [2.05, 4.69) is 0 Å². The van der Waals surface area contributed by atoms with E-state index in [1.807, 2.05) is 6.92 Å². The van der Waals surface area contributed by atoms with E-state index in [4.69, 9.17) is 19.9 Å². The van der Waals surface area contributed by atoms with Crippen molar-refractivity contribution in [2.75, 3.05) is 19.8 Å². The minimum absolute atomic E-state index is 0.0415. The zero-order valence-electron chi connectivity index (χ0n) is 15.4.